The lowest BCUT2D eigenvalue weighted by molar-refractivity contribution is 0.0951. The number of rotatable bonds is 4. The Bertz CT molecular complexity index is 597. The van der Waals surface area contributed by atoms with E-state index in [0.29, 0.717) is 23.4 Å². The summed E-state index contributed by atoms with van der Waals surface area (Å²) in [5.74, 6) is -0.117. The molecule has 4 nitrogen and oxygen atoms in total. The number of nitrogens with one attached hydrogen (secondary N) is 1. The molecule has 0 aliphatic heterocycles. The zero-order valence-corrected chi connectivity index (χ0v) is 12.9. The summed E-state index contributed by atoms with van der Waals surface area (Å²) in [6.07, 6.45) is 2.60. The van der Waals surface area contributed by atoms with E-state index < -0.39 is 0 Å². The Kier molecular flexibility index (Phi) is 4.66. The third kappa shape index (κ3) is 3.84. The fourth-order valence-electron chi connectivity index (χ4n) is 1.69. The van der Waals surface area contributed by atoms with Crippen LogP contribution in [0.1, 0.15) is 16.1 Å². The molecule has 6 heteroatoms. The van der Waals surface area contributed by atoms with Gasteiger partial charge in [-0.3, -0.25) is 9.48 Å². The molecule has 0 aliphatic rings. The number of carbonyl (C=O) groups excluding carboxylic acids is 1. The average Bonchev–Trinajstić information content (AvgIpc) is 2.75. The Balaban J connectivity index is 1.90. The van der Waals surface area contributed by atoms with Crippen molar-refractivity contribution in [1.82, 2.24) is 15.1 Å². The van der Waals surface area contributed by atoms with Crippen LogP contribution in [0.2, 0.25) is 0 Å². The summed E-state index contributed by atoms with van der Waals surface area (Å²) in [6, 6.07) is 7.32. The topological polar surface area (TPSA) is 46.9 Å². The maximum atomic E-state index is 12.0. The van der Waals surface area contributed by atoms with Gasteiger partial charge in [0.2, 0.25) is 0 Å². The van der Waals surface area contributed by atoms with E-state index in [2.05, 4.69) is 39.0 Å². The van der Waals surface area contributed by atoms with Gasteiger partial charge in [-0.2, -0.15) is 5.10 Å². The first-order valence-electron chi connectivity index (χ1n) is 5.81. The van der Waals surface area contributed by atoms with Gasteiger partial charge in [-0.25, -0.2) is 0 Å². The van der Waals surface area contributed by atoms with Crippen molar-refractivity contribution in [1.29, 1.82) is 0 Å². The van der Waals surface area contributed by atoms with Crippen LogP contribution in [0.3, 0.4) is 0 Å². The number of hydrogen-bond donors (Lipinski definition) is 2. The van der Waals surface area contributed by atoms with Crippen molar-refractivity contribution in [2.45, 2.75) is 11.3 Å². The van der Waals surface area contributed by atoms with Gasteiger partial charge in [0.15, 0.2) is 0 Å². The van der Waals surface area contributed by atoms with E-state index in [-0.39, 0.29) is 5.91 Å². The Hall–Kier alpha value is -1.27. The fourth-order valence-corrected chi connectivity index (χ4v) is 2.55. The lowest BCUT2D eigenvalue weighted by atomic mass is 10.2. The maximum Gasteiger partial charge on any atom is 0.252 e. The van der Waals surface area contributed by atoms with Gasteiger partial charge in [-0.1, -0.05) is 15.9 Å². The Labute approximate surface area is 125 Å². The number of thiol groups is 1. The molecule has 0 bridgehead atoms. The minimum atomic E-state index is -0.117. The summed E-state index contributed by atoms with van der Waals surface area (Å²) in [7, 11) is 1.87. The van der Waals surface area contributed by atoms with Crippen molar-refractivity contribution >= 4 is 34.5 Å². The molecule has 1 aromatic carbocycles. The van der Waals surface area contributed by atoms with Crippen molar-refractivity contribution in [2.24, 2.45) is 7.05 Å². The van der Waals surface area contributed by atoms with Crippen LogP contribution in [0.25, 0.3) is 0 Å². The van der Waals surface area contributed by atoms with Gasteiger partial charge in [0.05, 0.1) is 11.3 Å². The monoisotopic (exact) mass is 339 g/mol. The minimum absolute atomic E-state index is 0.117. The summed E-state index contributed by atoms with van der Waals surface area (Å²) >= 11 is 7.64. The predicted molar refractivity (Wildman–Crippen MR) is 80.6 cm³/mol. The molecule has 0 saturated carbocycles. The average molecular weight is 340 g/mol. The summed E-state index contributed by atoms with van der Waals surface area (Å²) in [6.45, 7) is 0.555. The van der Waals surface area contributed by atoms with E-state index in [1.54, 1.807) is 16.8 Å². The van der Waals surface area contributed by atoms with Gasteiger partial charge in [0, 0.05) is 35.6 Å². The standard InChI is InChI=1S/C13H14BrN3OS/c1-17-7-5-10(16-17)4-6-15-13(18)11-3-2-9(14)8-12(11)19/h2-3,5,7-8,19H,4,6H2,1H3,(H,15,18). The molecule has 0 fully saturated rings. The first kappa shape index (κ1) is 14.1. The molecule has 0 saturated heterocycles. The van der Waals surface area contributed by atoms with Crippen LogP contribution in [0.15, 0.2) is 39.8 Å². The van der Waals surface area contributed by atoms with Crippen LogP contribution >= 0.6 is 28.6 Å². The molecule has 1 aromatic heterocycles. The van der Waals surface area contributed by atoms with E-state index in [9.17, 15) is 4.79 Å². The number of carbonyl (C=O) groups is 1. The molecule has 0 unspecified atom stereocenters. The van der Waals surface area contributed by atoms with Gasteiger partial charge < -0.3 is 5.32 Å². The molecule has 2 rings (SSSR count). The summed E-state index contributed by atoms with van der Waals surface area (Å²) in [5.41, 5.74) is 1.54. The zero-order chi connectivity index (χ0) is 13.8. The van der Waals surface area contributed by atoms with E-state index in [4.69, 9.17) is 0 Å². The predicted octanol–water partition coefficient (Wildman–Crippen LogP) is 2.44. The van der Waals surface area contributed by atoms with Crippen molar-refractivity contribution < 1.29 is 4.79 Å². The lowest BCUT2D eigenvalue weighted by Gasteiger charge is -2.06. The van der Waals surface area contributed by atoms with E-state index in [1.807, 2.05) is 25.4 Å². The number of hydrogen-bond acceptors (Lipinski definition) is 3. The highest BCUT2D eigenvalue weighted by Crippen LogP contribution is 2.19. The highest BCUT2D eigenvalue weighted by atomic mass is 79.9. The van der Waals surface area contributed by atoms with Gasteiger partial charge in [0.1, 0.15) is 0 Å². The second kappa shape index (κ2) is 6.25. The Morgan fingerprint density at radius 2 is 2.26 bits per heavy atom. The third-order valence-electron chi connectivity index (χ3n) is 2.64. The molecular weight excluding hydrogens is 326 g/mol. The number of nitrogens with zero attached hydrogens (tertiary/aromatic N) is 2. The molecule has 19 heavy (non-hydrogen) atoms. The number of aryl methyl sites for hydroxylation is 1. The number of benzene rings is 1. The van der Waals surface area contributed by atoms with Crippen molar-refractivity contribution in [3.05, 3.63) is 46.2 Å². The highest BCUT2D eigenvalue weighted by molar-refractivity contribution is 9.10. The quantitative estimate of drug-likeness (QED) is 0.840. The fraction of sp³-hybridized carbons (Fsp3) is 0.231. The molecule has 100 valence electrons. The van der Waals surface area contributed by atoms with Crippen molar-refractivity contribution in [3.63, 3.8) is 0 Å². The molecule has 0 radical (unpaired) electrons. The smallest absolute Gasteiger partial charge is 0.252 e. The lowest BCUT2D eigenvalue weighted by Crippen LogP contribution is -2.26. The van der Waals surface area contributed by atoms with Crippen LogP contribution in [-0.4, -0.2) is 22.2 Å². The molecular formula is C13H14BrN3OS. The first-order valence-corrected chi connectivity index (χ1v) is 7.05. The Morgan fingerprint density at radius 3 is 2.89 bits per heavy atom. The van der Waals surface area contributed by atoms with Gasteiger partial charge in [0.25, 0.3) is 5.91 Å². The summed E-state index contributed by atoms with van der Waals surface area (Å²) in [5, 5.41) is 7.12. The minimum Gasteiger partial charge on any atom is -0.352 e. The summed E-state index contributed by atoms with van der Waals surface area (Å²) < 4.78 is 2.65. The SMILES string of the molecule is Cn1ccc(CCNC(=O)c2ccc(Br)cc2S)n1. The second-order valence-corrected chi connectivity index (χ2v) is 5.55. The van der Waals surface area contributed by atoms with Gasteiger partial charge in [-0.15, -0.1) is 12.6 Å². The van der Waals surface area contributed by atoms with Crippen molar-refractivity contribution in [3.8, 4) is 0 Å². The van der Waals surface area contributed by atoms with Crippen LogP contribution in [0.4, 0.5) is 0 Å². The van der Waals surface area contributed by atoms with Crippen LogP contribution in [0, 0.1) is 0 Å². The van der Waals surface area contributed by atoms with Crippen molar-refractivity contribution in [2.75, 3.05) is 6.54 Å². The molecule has 1 amide bonds. The highest BCUT2D eigenvalue weighted by Gasteiger charge is 2.09. The van der Waals surface area contributed by atoms with Gasteiger partial charge in [-0.05, 0) is 24.3 Å². The van der Waals surface area contributed by atoms with E-state index in [0.717, 1.165) is 10.2 Å². The van der Waals surface area contributed by atoms with Gasteiger partial charge >= 0.3 is 0 Å². The van der Waals surface area contributed by atoms with E-state index in [1.165, 1.54) is 0 Å². The second-order valence-electron chi connectivity index (χ2n) is 4.15. The third-order valence-corrected chi connectivity index (χ3v) is 3.50. The van der Waals surface area contributed by atoms with E-state index >= 15 is 0 Å². The van der Waals surface area contributed by atoms with Crippen LogP contribution in [-0.2, 0) is 13.5 Å². The normalized spacial score (nSPS) is 10.5. The number of halogens is 1. The molecule has 2 aromatic rings. The van der Waals surface area contributed by atoms with Crippen LogP contribution in [0.5, 0.6) is 0 Å². The zero-order valence-electron chi connectivity index (χ0n) is 10.4. The van der Waals surface area contributed by atoms with Crippen LogP contribution < -0.4 is 5.32 Å². The molecule has 1 N–H and O–H groups in total. The number of aromatic nitrogens is 2. The number of amides is 1. The Morgan fingerprint density at radius 1 is 1.47 bits per heavy atom. The molecule has 0 spiro atoms. The largest absolute Gasteiger partial charge is 0.352 e. The summed E-state index contributed by atoms with van der Waals surface area (Å²) in [4.78, 5) is 12.6. The molecule has 1 heterocycles. The molecule has 0 atom stereocenters. The molecule has 0 aliphatic carbocycles. The first-order chi connectivity index (χ1) is 9.06. The maximum absolute atomic E-state index is 12.0.